The van der Waals surface area contributed by atoms with E-state index in [1.165, 1.54) is 4.88 Å². The van der Waals surface area contributed by atoms with Crippen LogP contribution in [0.25, 0.3) is 11.0 Å². The summed E-state index contributed by atoms with van der Waals surface area (Å²) in [6, 6.07) is 10.3. The zero-order chi connectivity index (χ0) is 14.7. The Morgan fingerprint density at radius 2 is 2.19 bits per heavy atom. The number of thiophene rings is 1. The van der Waals surface area contributed by atoms with Crippen LogP contribution in [-0.2, 0) is 13.0 Å². The first-order valence-corrected chi connectivity index (χ1v) is 8.44. The third-order valence-corrected chi connectivity index (χ3v) is 4.38. The predicted molar refractivity (Wildman–Crippen MR) is 88.7 cm³/mol. The van der Waals surface area contributed by atoms with Gasteiger partial charge in [-0.3, -0.25) is 0 Å². The minimum Gasteiger partial charge on any atom is -0.492 e. The molecule has 0 saturated carbocycles. The third-order valence-electron chi connectivity index (χ3n) is 3.33. The second kappa shape index (κ2) is 6.50. The van der Waals surface area contributed by atoms with Gasteiger partial charge in [0.15, 0.2) is 0 Å². The summed E-state index contributed by atoms with van der Waals surface area (Å²) in [5, 5.41) is 2.10. The van der Waals surface area contributed by atoms with Crippen molar-refractivity contribution >= 4 is 34.0 Å². The Hall–Kier alpha value is -1.52. The minimum atomic E-state index is 0.567. The van der Waals surface area contributed by atoms with Gasteiger partial charge in [0.25, 0.3) is 0 Å². The van der Waals surface area contributed by atoms with Crippen LogP contribution in [0, 0.1) is 0 Å². The molecule has 2 aromatic heterocycles. The van der Waals surface area contributed by atoms with Crippen LogP contribution in [0.2, 0.25) is 0 Å². The molecule has 3 rings (SSSR count). The first kappa shape index (κ1) is 14.4. The Bertz CT molecular complexity index is 721. The molecule has 2 heterocycles. The van der Waals surface area contributed by atoms with Crippen LogP contribution in [0.3, 0.4) is 0 Å². The van der Waals surface area contributed by atoms with Crippen molar-refractivity contribution in [2.24, 2.45) is 0 Å². The summed E-state index contributed by atoms with van der Waals surface area (Å²) in [4.78, 5) is 6.07. The number of hydrogen-bond acceptors (Lipinski definition) is 3. The molecule has 0 spiro atoms. The topological polar surface area (TPSA) is 27.1 Å². The number of halogens is 1. The highest BCUT2D eigenvalue weighted by atomic mass is 35.5. The Balaban J connectivity index is 2.10. The fourth-order valence-corrected chi connectivity index (χ4v) is 3.31. The normalized spacial score (nSPS) is 11.1. The summed E-state index contributed by atoms with van der Waals surface area (Å²) in [6.07, 6.45) is 0.757. The molecule has 0 unspecified atom stereocenters. The predicted octanol–water partition coefficient (Wildman–Crippen LogP) is 4.33. The van der Waals surface area contributed by atoms with Gasteiger partial charge < -0.3 is 9.30 Å². The molecule has 21 heavy (non-hydrogen) atoms. The van der Waals surface area contributed by atoms with Crippen LogP contribution < -0.4 is 4.74 Å². The molecule has 110 valence electrons. The van der Waals surface area contributed by atoms with Crippen LogP contribution in [0.4, 0.5) is 0 Å². The molecule has 5 heteroatoms. The first-order valence-electron chi connectivity index (χ1n) is 7.02. The molecule has 0 atom stereocenters. The van der Waals surface area contributed by atoms with Crippen molar-refractivity contribution in [1.82, 2.24) is 9.55 Å². The molecular weight excluding hydrogens is 304 g/mol. The number of aromatic nitrogens is 2. The number of para-hydroxylation sites is 1. The highest BCUT2D eigenvalue weighted by Gasteiger charge is 2.14. The van der Waals surface area contributed by atoms with E-state index < -0.39 is 0 Å². The summed E-state index contributed by atoms with van der Waals surface area (Å²) in [7, 11) is 0. The van der Waals surface area contributed by atoms with Crippen molar-refractivity contribution in [2.45, 2.75) is 19.9 Å². The van der Waals surface area contributed by atoms with Gasteiger partial charge in [-0.25, -0.2) is 4.98 Å². The lowest BCUT2D eigenvalue weighted by molar-refractivity contribution is 0.343. The molecule has 0 N–H and O–H groups in total. The first-order chi connectivity index (χ1) is 10.3. The second-order valence-corrected chi connectivity index (χ2v) is 6.10. The lowest BCUT2D eigenvalue weighted by Crippen LogP contribution is -2.04. The van der Waals surface area contributed by atoms with E-state index in [-0.39, 0.29) is 0 Å². The van der Waals surface area contributed by atoms with Gasteiger partial charge in [0.05, 0.1) is 18.7 Å². The second-order valence-electron chi connectivity index (χ2n) is 4.69. The van der Waals surface area contributed by atoms with E-state index in [2.05, 4.69) is 28.1 Å². The SMILES string of the molecule is CCOc1cccc2c1nc(CCCl)n2Cc1cccs1. The molecular formula is C16H17ClN2OS. The number of nitrogens with zero attached hydrogens (tertiary/aromatic N) is 2. The maximum Gasteiger partial charge on any atom is 0.147 e. The summed E-state index contributed by atoms with van der Waals surface area (Å²) >= 11 is 7.69. The molecule has 0 radical (unpaired) electrons. The van der Waals surface area contributed by atoms with Gasteiger partial charge in [-0.2, -0.15) is 0 Å². The molecule has 1 aromatic carbocycles. The largest absolute Gasteiger partial charge is 0.492 e. The fraction of sp³-hybridized carbons (Fsp3) is 0.312. The fourth-order valence-electron chi connectivity index (χ4n) is 2.45. The number of ether oxygens (including phenoxy) is 1. The monoisotopic (exact) mass is 320 g/mol. The van der Waals surface area contributed by atoms with E-state index in [0.717, 1.165) is 35.6 Å². The van der Waals surface area contributed by atoms with Gasteiger partial charge in [0.2, 0.25) is 0 Å². The van der Waals surface area contributed by atoms with Crippen molar-refractivity contribution in [1.29, 1.82) is 0 Å². The van der Waals surface area contributed by atoms with E-state index in [9.17, 15) is 0 Å². The lowest BCUT2D eigenvalue weighted by atomic mass is 10.3. The summed E-state index contributed by atoms with van der Waals surface area (Å²) < 4.78 is 7.94. The van der Waals surface area contributed by atoms with E-state index >= 15 is 0 Å². The number of alkyl halides is 1. The van der Waals surface area contributed by atoms with E-state index in [1.54, 1.807) is 11.3 Å². The van der Waals surface area contributed by atoms with Crippen LogP contribution >= 0.6 is 22.9 Å². The summed E-state index contributed by atoms with van der Waals surface area (Å²) in [5.41, 5.74) is 2.03. The van der Waals surface area contributed by atoms with Gasteiger partial charge in [0, 0.05) is 17.2 Å². The number of fused-ring (bicyclic) bond motifs is 1. The zero-order valence-corrected chi connectivity index (χ0v) is 13.5. The van der Waals surface area contributed by atoms with Gasteiger partial charge in [-0.05, 0) is 30.5 Å². The number of imidazole rings is 1. The molecule has 0 aliphatic heterocycles. The smallest absolute Gasteiger partial charge is 0.147 e. The molecule has 3 aromatic rings. The maximum atomic E-state index is 5.94. The number of benzene rings is 1. The summed E-state index contributed by atoms with van der Waals surface area (Å²) in [5.74, 6) is 2.42. The minimum absolute atomic E-state index is 0.567. The molecule has 0 amide bonds. The molecule has 0 aliphatic carbocycles. The average Bonchev–Trinajstić information content (AvgIpc) is 3.10. The van der Waals surface area contributed by atoms with Gasteiger partial charge in [-0.1, -0.05) is 12.1 Å². The quantitative estimate of drug-likeness (QED) is 0.632. The van der Waals surface area contributed by atoms with Crippen LogP contribution in [0.15, 0.2) is 35.7 Å². The van der Waals surface area contributed by atoms with Crippen LogP contribution in [-0.4, -0.2) is 22.0 Å². The van der Waals surface area contributed by atoms with E-state index in [4.69, 9.17) is 21.3 Å². The Labute approximate surface area is 133 Å². The van der Waals surface area contributed by atoms with Gasteiger partial charge >= 0.3 is 0 Å². The van der Waals surface area contributed by atoms with Gasteiger partial charge in [-0.15, -0.1) is 22.9 Å². The van der Waals surface area contributed by atoms with Crippen molar-refractivity contribution in [3.63, 3.8) is 0 Å². The lowest BCUT2D eigenvalue weighted by Gasteiger charge is -2.07. The zero-order valence-electron chi connectivity index (χ0n) is 11.9. The Morgan fingerprint density at radius 1 is 1.29 bits per heavy atom. The standard InChI is InChI=1S/C16H17ClN2OS/c1-2-20-14-7-3-6-13-16(14)18-15(8-9-17)19(13)11-12-5-4-10-21-12/h3-7,10H,2,8-9,11H2,1H3. The van der Waals surface area contributed by atoms with Crippen molar-refractivity contribution in [3.8, 4) is 5.75 Å². The van der Waals surface area contributed by atoms with Crippen molar-refractivity contribution in [2.75, 3.05) is 12.5 Å². The Kier molecular flexibility index (Phi) is 4.46. The molecule has 0 saturated heterocycles. The van der Waals surface area contributed by atoms with Gasteiger partial charge in [0.1, 0.15) is 17.1 Å². The average molecular weight is 321 g/mol. The Morgan fingerprint density at radius 3 is 2.90 bits per heavy atom. The molecule has 0 fully saturated rings. The van der Waals surface area contributed by atoms with Crippen LogP contribution in [0.5, 0.6) is 5.75 Å². The third kappa shape index (κ3) is 2.92. The molecule has 0 aliphatic rings. The van der Waals surface area contributed by atoms with Crippen molar-refractivity contribution < 1.29 is 4.74 Å². The highest BCUT2D eigenvalue weighted by Crippen LogP contribution is 2.27. The van der Waals surface area contributed by atoms with Crippen molar-refractivity contribution in [3.05, 3.63) is 46.4 Å². The van der Waals surface area contributed by atoms with Crippen LogP contribution in [0.1, 0.15) is 17.6 Å². The van der Waals surface area contributed by atoms with E-state index in [1.807, 2.05) is 19.1 Å². The maximum absolute atomic E-state index is 5.94. The molecule has 0 bridgehead atoms. The molecule has 3 nitrogen and oxygen atoms in total. The number of aryl methyl sites for hydroxylation is 1. The highest BCUT2D eigenvalue weighted by molar-refractivity contribution is 7.09. The summed E-state index contributed by atoms with van der Waals surface area (Å²) in [6.45, 7) is 3.46. The van der Waals surface area contributed by atoms with E-state index in [0.29, 0.717) is 12.5 Å². The number of hydrogen-bond donors (Lipinski definition) is 0. The number of rotatable bonds is 6.